The minimum Gasteiger partial charge on any atom is -0.412 e. The first-order chi connectivity index (χ1) is 12.1. The Morgan fingerprint density at radius 3 is 1.15 bits per heavy atom. The van der Waals surface area contributed by atoms with Gasteiger partial charge in [-0.2, -0.15) is 0 Å². The maximum Gasteiger partial charge on any atom is 0.184 e. The van der Waals surface area contributed by atoms with Gasteiger partial charge in [-0.05, 0) is 63.3 Å². The van der Waals surface area contributed by atoms with Gasteiger partial charge in [-0.15, -0.1) is 0 Å². The van der Waals surface area contributed by atoms with Gasteiger partial charge in [-0.3, -0.25) is 0 Å². The van der Waals surface area contributed by atoms with Crippen molar-refractivity contribution in [3.8, 4) is 0 Å². The van der Waals surface area contributed by atoms with Crippen molar-refractivity contribution in [3.05, 3.63) is 71.8 Å². The minimum absolute atomic E-state index is 0.0796. The quantitative estimate of drug-likeness (QED) is 0.499. The molecule has 0 fully saturated rings. The predicted molar refractivity (Wildman–Crippen MR) is 117 cm³/mol. The van der Waals surface area contributed by atoms with Crippen LogP contribution in [0.2, 0.25) is 39.3 Å². The molecule has 0 bridgehead atoms. The molecule has 2 aromatic rings. The van der Waals surface area contributed by atoms with Gasteiger partial charge in [0.05, 0.1) is 12.2 Å². The van der Waals surface area contributed by atoms with Crippen LogP contribution >= 0.6 is 0 Å². The third-order valence-electron chi connectivity index (χ3n) is 3.98. The first-order valence-electron chi connectivity index (χ1n) is 9.56. The van der Waals surface area contributed by atoms with Gasteiger partial charge in [0.1, 0.15) is 0 Å². The molecule has 0 aliphatic heterocycles. The molecule has 0 spiro atoms. The molecular weight excluding hydrogens is 352 g/mol. The van der Waals surface area contributed by atoms with Gasteiger partial charge < -0.3 is 8.85 Å². The molecule has 0 saturated carbocycles. The van der Waals surface area contributed by atoms with E-state index < -0.39 is 16.6 Å². The normalized spacial score (nSPS) is 14.8. The van der Waals surface area contributed by atoms with Crippen molar-refractivity contribution in [2.75, 3.05) is 0 Å². The van der Waals surface area contributed by atoms with Crippen LogP contribution in [-0.4, -0.2) is 28.8 Å². The maximum absolute atomic E-state index is 6.66. The Morgan fingerprint density at radius 1 is 0.577 bits per heavy atom. The molecule has 0 N–H and O–H groups in total. The van der Waals surface area contributed by atoms with Crippen molar-refractivity contribution < 1.29 is 8.85 Å². The number of hydrogen-bond donors (Lipinski definition) is 0. The lowest BCUT2D eigenvalue weighted by molar-refractivity contribution is 0.0443. The van der Waals surface area contributed by atoms with E-state index in [4.69, 9.17) is 8.85 Å². The van der Waals surface area contributed by atoms with Crippen molar-refractivity contribution in [1.29, 1.82) is 0 Å². The fraction of sp³-hybridized carbons (Fsp3) is 0.455. The fourth-order valence-electron chi connectivity index (χ4n) is 3.10. The molecule has 0 unspecified atom stereocenters. The van der Waals surface area contributed by atoms with E-state index in [0.717, 1.165) is 12.8 Å². The number of benzene rings is 2. The molecule has 2 aromatic carbocycles. The van der Waals surface area contributed by atoms with Gasteiger partial charge in [-0.25, -0.2) is 0 Å². The summed E-state index contributed by atoms with van der Waals surface area (Å²) >= 11 is 0. The van der Waals surface area contributed by atoms with Gasteiger partial charge in [0.25, 0.3) is 0 Å². The lowest BCUT2D eigenvalue weighted by Crippen LogP contribution is -2.46. The largest absolute Gasteiger partial charge is 0.412 e. The van der Waals surface area contributed by atoms with Crippen molar-refractivity contribution in [2.45, 2.75) is 64.3 Å². The van der Waals surface area contributed by atoms with Crippen LogP contribution in [0.1, 0.15) is 11.1 Å². The Balaban J connectivity index is 2.28. The zero-order valence-corrected chi connectivity index (χ0v) is 19.2. The van der Waals surface area contributed by atoms with Crippen LogP contribution in [0.3, 0.4) is 0 Å². The summed E-state index contributed by atoms with van der Waals surface area (Å²) in [5.74, 6) is 0. The average Bonchev–Trinajstić information content (AvgIpc) is 2.53. The van der Waals surface area contributed by atoms with Gasteiger partial charge in [0, 0.05) is 0 Å². The van der Waals surface area contributed by atoms with E-state index in [9.17, 15) is 0 Å². The molecule has 142 valence electrons. The molecule has 0 aliphatic rings. The predicted octanol–water partition coefficient (Wildman–Crippen LogP) is 5.91. The zero-order valence-electron chi connectivity index (χ0n) is 17.2. The topological polar surface area (TPSA) is 18.5 Å². The monoisotopic (exact) mass is 386 g/mol. The lowest BCUT2D eigenvalue weighted by atomic mass is 9.99. The highest BCUT2D eigenvalue weighted by molar-refractivity contribution is 6.70. The molecule has 2 atom stereocenters. The van der Waals surface area contributed by atoms with Gasteiger partial charge in [0.15, 0.2) is 16.6 Å². The highest BCUT2D eigenvalue weighted by Crippen LogP contribution is 2.23. The standard InChI is InChI=1S/C22H34O2Si2/c1-25(2,3)23-21(17-19-13-9-7-10-14-19)22(24-26(4,5)6)18-20-15-11-8-12-16-20/h7-16,21-22H,17-18H2,1-6H3/t21-,22-/m1/s1. The first kappa shape index (κ1) is 21.1. The molecule has 0 aromatic heterocycles. The summed E-state index contributed by atoms with van der Waals surface area (Å²) in [5.41, 5.74) is 2.63. The third-order valence-corrected chi connectivity index (χ3v) is 6.00. The zero-order chi connectivity index (χ0) is 19.2. The van der Waals surface area contributed by atoms with E-state index in [1.54, 1.807) is 0 Å². The molecule has 0 saturated heterocycles. The Labute approximate surface area is 161 Å². The van der Waals surface area contributed by atoms with Crippen LogP contribution in [0.15, 0.2) is 60.7 Å². The highest BCUT2D eigenvalue weighted by Gasteiger charge is 2.32. The minimum atomic E-state index is -1.69. The van der Waals surface area contributed by atoms with Crippen molar-refractivity contribution in [2.24, 2.45) is 0 Å². The maximum atomic E-state index is 6.66. The second-order valence-corrected chi connectivity index (χ2v) is 17.8. The van der Waals surface area contributed by atoms with Gasteiger partial charge >= 0.3 is 0 Å². The Kier molecular flexibility index (Phi) is 7.41. The van der Waals surface area contributed by atoms with Gasteiger partial charge in [0.2, 0.25) is 0 Å². The van der Waals surface area contributed by atoms with E-state index in [1.165, 1.54) is 11.1 Å². The van der Waals surface area contributed by atoms with Crippen molar-refractivity contribution in [3.63, 3.8) is 0 Å². The van der Waals surface area contributed by atoms with Crippen molar-refractivity contribution in [1.82, 2.24) is 0 Å². The van der Waals surface area contributed by atoms with Crippen LogP contribution in [0.5, 0.6) is 0 Å². The lowest BCUT2D eigenvalue weighted by Gasteiger charge is -2.36. The molecular formula is C22H34O2Si2. The van der Waals surface area contributed by atoms with Crippen LogP contribution in [0, 0.1) is 0 Å². The average molecular weight is 387 g/mol. The van der Waals surface area contributed by atoms with Crippen LogP contribution in [-0.2, 0) is 21.7 Å². The van der Waals surface area contributed by atoms with Crippen LogP contribution < -0.4 is 0 Å². The van der Waals surface area contributed by atoms with Crippen LogP contribution in [0.25, 0.3) is 0 Å². The summed E-state index contributed by atoms with van der Waals surface area (Å²) in [6.45, 7) is 13.6. The molecule has 26 heavy (non-hydrogen) atoms. The Bertz CT molecular complexity index is 586. The molecule has 0 radical (unpaired) electrons. The Morgan fingerprint density at radius 2 is 0.885 bits per heavy atom. The summed E-state index contributed by atoms with van der Waals surface area (Å²) in [4.78, 5) is 0. The van der Waals surface area contributed by atoms with Crippen LogP contribution in [0.4, 0.5) is 0 Å². The van der Waals surface area contributed by atoms with E-state index in [1.807, 2.05) is 0 Å². The molecule has 0 aliphatic carbocycles. The first-order valence-corrected chi connectivity index (χ1v) is 16.4. The van der Waals surface area contributed by atoms with Gasteiger partial charge in [-0.1, -0.05) is 60.7 Å². The summed E-state index contributed by atoms with van der Waals surface area (Å²) in [6, 6.07) is 21.3. The summed E-state index contributed by atoms with van der Waals surface area (Å²) in [6.07, 6.45) is 1.95. The molecule has 2 rings (SSSR count). The molecule has 4 heteroatoms. The fourth-order valence-corrected chi connectivity index (χ4v) is 5.39. The van der Waals surface area contributed by atoms with E-state index >= 15 is 0 Å². The second-order valence-electron chi connectivity index (χ2n) is 8.92. The Hall–Kier alpha value is -1.21. The van der Waals surface area contributed by atoms with Crippen molar-refractivity contribution >= 4 is 16.6 Å². The summed E-state index contributed by atoms with van der Waals surface area (Å²) < 4.78 is 13.3. The third kappa shape index (κ3) is 8.00. The van der Waals surface area contributed by atoms with E-state index in [2.05, 4.69) is 99.9 Å². The number of rotatable bonds is 9. The smallest absolute Gasteiger partial charge is 0.184 e. The summed E-state index contributed by atoms with van der Waals surface area (Å²) in [7, 11) is -3.39. The molecule has 0 amide bonds. The van der Waals surface area contributed by atoms with E-state index in [-0.39, 0.29) is 12.2 Å². The summed E-state index contributed by atoms with van der Waals surface area (Å²) in [5, 5.41) is 0. The number of hydrogen-bond acceptors (Lipinski definition) is 2. The highest BCUT2D eigenvalue weighted by atomic mass is 28.4. The molecule has 0 heterocycles. The SMILES string of the molecule is C[Si](C)(C)O[C@H](Cc1ccccc1)[C@@H](Cc1ccccc1)O[Si](C)(C)C. The second kappa shape index (κ2) is 9.13. The molecule has 2 nitrogen and oxygen atoms in total. The van der Waals surface area contributed by atoms with E-state index in [0.29, 0.717) is 0 Å².